The van der Waals surface area contributed by atoms with Gasteiger partial charge in [0.1, 0.15) is 0 Å². The Labute approximate surface area is 122 Å². The van der Waals surface area contributed by atoms with Crippen LogP contribution < -0.4 is 5.32 Å². The van der Waals surface area contributed by atoms with E-state index >= 15 is 0 Å². The Morgan fingerprint density at radius 2 is 1.85 bits per heavy atom. The molecule has 1 atom stereocenters. The first kappa shape index (κ1) is 15.5. The van der Waals surface area contributed by atoms with Crippen LogP contribution in [-0.2, 0) is 4.74 Å². The molecule has 3 nitrogen and oxygen atoms in total. The number of aliphatic hydroxyl groups is 1. The van der Waals surface area contributed by atoms with Crippen LogP contribution in [0.3, 0.4) is 0 Å². The summed E-state index contributed by atoms with van der Waals surface area (Å²) in [5, 5.41) is 14.1. The van der Waals surface area contributed by atoms with Crippen molar-refractivity contribution in [2.75, 3.05) is 19.8 Å². The maximum Gasteiger partial charge on any atom is 0.0815 e. The van der Waals surface area contributed by atoms with Gasteiger partial charge in [0.2, 0.25) is 0 Å². The summed E-state index contributed by atoms with van der Waals surface area (Å²) in [6.45, 7) is 6.45. The minimum absolute atomic E-state index is 0.308. The van der Waals surface area contributed by atoms with E-state index in [1.807, 2.05) is 6.07 Å². The zero-order valence-electron chi connectivity index (χ0n) is 12.6. The second-order valence-corrected chi connectivity index (χ2v) is 6.31. The van der Waals surface area contributed by atoms with E-state index in [1.165, 1.54) is 5.56 Å². The number of rotatable bonds is 6. The average molecular weight is 277 g/mol. The molecule has 0 spiro atoms. The highest BCUT2D eigenvalue weighted by Gasteiger charge is 2.30. The van der Waals surface area contributed by atoms with E-state index < -0.39 is 5.60 Å². The molecule has 1 aliphatic rings. The zero-order chi connectivity index (χ0) is 14.4. The molecule has 0 aliphatic carbocycles. The fraction of sp³-hybridized carbons (Fsp3) is 0.647. The van der Waals surface area contributed by atoms with Crippen LogP contribution in [0.2, 0.25) is 0 Å². The summed E-state index contributed by atoms with van der Waals surface area (Å²) in [6, 6.07) is 10.8. The first-order valence-electron chi connectivity index (χ1n) is 7.67. The molecule has 3 heteroatoms. The fourth-order valence-electron chi connectivity index (χ4n) is 2.74. The molecule has 112 valence electrons. The second-order valence-electron chi connectivity index (χ2n) is 6.31. The molecule has 0 amide bonds. The molecule has 1 aliphatic heterocycles. The van der Waals surface area contributed by atoms with E-state index in [4.69, 9.17) is 4.74 Å². The number of hydrogen-bond acceptors (Lipinski definition) is 3. The van der Waals surface area contributed by atoms with Gasteiger partial charge in [0.25, 0.3) is 0 Å². The summed E-state index contributed by atoms with van der Waals surface area (Å²) in [6.07, 6.45) is 2.53. The van der Waals surface area contributed by atoms with E-state index in [9.17, 15) is 5.11 Å². The molecule has 0 radical (unpaired) electrons. The lowest BCUT2D eigenvalue weighted by molar-refractivity contribution is -0.0630. The minimum Gasteiger partial charge on any atom is -0.388 e. The lowest BCUT2D eigenvalue weighted by Gasteiger charge is -2.34. The topological polar surface area (TPSA) is 41.5 Å². The van der Waals surface area contributed by atoms with Crippen LogP contribution in [0.15, 0.2) is 30.3 Å². The van der Waals surface area contributed by atoms with Gasteiger partial charge in [-0.15, -0.1) is 0 Å². The molecule has 0 aromatic heterocycles. The van der Waals surface area contributed by atoms with Crippen LogP contribution in [0.25, 0.3) is 0 Å². The van der Waals surface area contributed by atoms with Gasteiger partial charge in [-0.05, 0) is 17.9 Å². The Morgan fingerprint density at radius 1 is 1.20 bits per heavy atom. The summed E-state index contributed by atoms with van der Waals surface area (Å²) in [4.78, 5) is 0. The van der Waals surface area contributed by atoms with E-state index in [0.717, 1.165) is 19.3 Å². The van der Waals surface area contributed by atoms with Crippen LogP contribution in [0.1, 0.15) is 44.7 Å². The first-order chi connectivity index (χ1) is 9.59. The molecule has 0 bridgehead atoms. The molecule has 2 N–H and O–H groups in total. The SMILES string of the molecule is CC(C)CC(NCC1(O)CCOCC1)c1ccccc1. The van der Waals surface area contributed by atoms with E-state index in [0.29, 0.717) is 31.7 Å². The van der Waals surface area contributed by atoms with Gasteiger partial charge < -0.3 is 15.2 Å². The van der Waals surface area contributed by atoms with Crippen molar-refractivity contribution in [2.45, 2.75) is 44.8 Å². The number of ether oxygens (including phenoxy) is 1. The standard InChI is InChI=1S/C17H27NO2/c1-14(2)12-16(15-6-4-3-5-7-15)18-13-17(19)8-10-20-11-9-17/h3-7,14,16,18-19H,8-13H2,1-2H3. The number of benzene rings is 1. The van der Waals surface area contributed by atoms with Gasteiger partial charge in [-0.3, -0.25) is 0 Å². The van der Waals surface area contributed by atoms with Crippen molar-refractivity contribution in [3.05, 3.63) is 35.9 Å². The van der Waals surface area contributed by atoms with E-state index in [-0.39, 0.29) is 0 Å². The smallest absolute Gasteiger partial charge is 0.0815 e. The van der Waals surface area contributed by atoms with Gasteiger partial charge in [0.05, 0.1) is 5.60 Å². The molecule has 1 fully saturated rings. The molecule has 20 heavy (non-hydrogen) atoms. The summed E-state index contributed by atoms with van der Waals surface area (Å²) in [5.41, 5.74) is 0.694. The Bertz CT molecular complexity index is 385. The molecular formula is C17H27NO2. The molecule has 1 aromatic carbocycles. The summed E-state index contributed by atoms with van der Waals surface area (Å²) in [5.74, 6) is 0.622. The second kappa shape index (κ2) is 7.21. The third-order valence-corrected chi connectivity index (χ3v) is 4.01. The third-order valence-electron chi connectivity index (χ3n) is 4.01. The minimum atomic E-state index is -0.609. The van der Waals surface area contributed by atoms with Crippen LogP contribution in [0.4, 0.5) is 0 Å². The Morgan fingerprint density at radius 3 is 2.45 bits per heavy atom. The highest BCUT2D eigenvalue weighted by molar-refractivity contribution is 5.19. The van der Waals surface area contributed by atoms with Gasteiger partial charge in [-0.1, -0.05) is 44.2 Å². The van der Waals surface area contributed by atoms with Crippen LogP contribution >= 0.6 is 0 Å². The molecular weight excluding hydrogens is 250 g/mol. The Hall–Kier alpha value is -0.900. The quantitative estimate of drug-likeness (QED) is 0.840. The van der Waals surface area contributed by atoms with Crippen molar-refractivity contribution in [2.24, 2.45) is 5.92 Å². The summed E-state index contributed by atoms with van der Waals surface area (Å²) < 4.78 is 5.33. The Balaban J connectivity index is 1.97. The van der Waals surface area contributed by atoms with Gasteiger partial charge in [-0.2, -0.15) is 0 Å². The van der Waals surface area contributed by atoms with Gasteiger partial charge in [0, 0.05) is 38.6 Å². The third kappa shape index (κ3) is 4.58. The highest BCUT2D eigenvalue weighted by Crippen LogP contribution is 2.24. The molecule has 1 heterocycles. The summed E-state index contributed by atoms with van der Waals surface area (Å²) in [7, 11) is 0. The Kier molecular flexibility index (Phi) is 5.58. The van der Waals surface area contributed by atoms with Crippen molar-refractivity contribution < 1.29 is 9.84 Å². The summed E-state index contributed by atoms with van der Waals surface area (Å²) >= 11 is 0. The highest BCUT2D eigenvalue weighted by atomic mass is 16.5. The number of hydrogen-bond donors (Lipinski definition) is 2. The zero-order valence-corrected chi connectivity index (χ0v) is 12.6. The first-order valence-corrected chi connectivity index (χ1v) is 7.67. The maximum atomic E-state index is 10.6. The van der Waals surface area contributed by atoms with E-state index in [2.05, 4.69) is 43.4 Å². The van der Waals surface area contributed by atoms with Gasteiger partial charge >= 0.3 is 0 Å². The van der Waals surface area contributed by atoms with Gasteiger partial charge in [0.15, 0.2) is 0 Å². The van der Waals surface area contributed by atoms with Crippen molar-refractivity contribution in [3.63, 3.8) is 0 Å². The molecule has 0 saturated carbocycles. The van der Waals surface area contributed by atoms with Crippen LogP contribution in [-0.4, -0.2) is 30.5 Å². The molecule has 1 aromatic rings. The fourth-order valence-corrected chi connectivity index (χ4v) is 2.74. The van der Waals surface area contributed by atoms with Crippen LogP contribution in [0, 0.1) is 5.92 Å². The van der Waals surface area contributed by atoms with E-state index in [1.54, 1.807) is 0 Å². The van der Waals surface area contributed by atoms with Gasteiger partial charge in [-0.25, -0.2) is 0 Å². The molecule has 1 saturated heterocycles. The van der Waals surface area contributed by atoms with Crippen molar-refractivity contribution in [1.29, 1.82) is 0 Å². The van der Waals surface area contributed by atoms with Crippen molar-refractivity contribution in [3.8, 4) is 0 Å². The lowest BCUT2D eigenvalue weighted by Crippen LogP contribution is -2.46. The van der Waals surface area contributed by atoms with Crippen molar-refractivity contribution >= 4 is 0 Å². The van der Waals surface area contributed by atoms with Crippen molar-refractivity contribution in [1.82, 2.24) is 5.32 Å². The largest absolute Gasteiger partial charge is 0.388 e. The average Bonchev–Trinajstić information content (AvgIpc) is 2.45. The molecule has 2 rings (SSSR count). The van der Waals surface area contributed by atoms with Crippen LogP contribution in [0.5, 0.6) is 0 Å². The predicted molar refractivity (Wildman–Crippen MR) is 81.6 cm³/mol. The monoisotopic (exact) mass is 277 g/mol. The molecule has 1 unspecified atom stereocenters. The maximum absolute atomic E-state index is 10.6. The lowest BCUT2D eigenvalue weighted by atomic mass is 9.92. The predicted octanol–water partition coefficient (Wildman–Crippen LogP) is 2.90. The normalized spacial score (nSPS) is 20.0. The number of nitrogens with one attached hydrogen (secondary N) is 1.